The average molecular weight is 320 g/mol. The van der Waals surface area contributed by atoms with Gasteiger partial charge < -0.3 is 5.73 Å². The quantitative estimate of drug-likeness (QED) is 0.928. The number of benzene rings is 1. The van der Waals surface area contributed by atoms with Crippen LogP contribution in [0.3, 0.4) is 0 Å². The number of halogens is 2. The van der Waals surface area contributed by atoms with Gasteiger partial charge in [0.05, 0.1) is 0 Å². The first kappa shape index (κ1) is 15.0. The fourth-order valence-corrected chi connectivity index (χ4v) is 2.86. The molecule has 0 radical (unpaired) electrons. The molecule has 1 aliphatic heterocycles. The fraction of sp³-hybridized carbons (Fsp3) is 0.538. The molecule has 2 atom stereocenters. The zero-order valence-corrected chi connectivity index (χ0v) is 12.5. The maximum absolute atomic E-state index is 5.75. The molecule has 1 aromatic rings. The molecule has 0 aliphatic carbocycles. The van der Waals surface area contributed by atoms with E-state index in [0.717, 1.165) is 19.6 Å². The molecule has 4 heteroatoms. The van der Waals surface area contributed by atoms with Crippen LogP contribution >= 0.6 is 28.3 Å². The molecule has 2 nitrogen and oxygen atoms in total. The van der Waals surface area contributed by atoms with Gasteiger partial charge in [0.15, 0.2) is 0 Å². The minimum Gasteiger partial charge on any atom is -0.330 e. The van der Waals surface area contributed by atoms with Crippen molar-refractivity contribution in [3.05, 3.63) is 34.3 Å². The third-order valence-electron chi connectivity index (χ3n) is 3.46. The van der Waals surface area contributed by atoms with E-state index >= 15 is 0 Å². The molecule has 1 aromatic carbocycles. The zero-order valence-electron chi connectivity index (χ0n) is 10.1. The first-order chi connectivity index (χ1) is 7.70. The second kappa shape index (κ2) is 6.74. The molecule has 2 unspecified atom stereocenters. The summed E-state index contributed by atoms with van der Waals surface area (Å²) in [5.41, 5.74) is 7.11. The van der Waals surface area contributed by atoms with Gasteiger partial charge in [0.1, 0.15) is 0 Å². The van der Waals surface area contributed by atoms with E-state index in [2.05, 4.69) is 52.0 Å². The van der Waals surface area contributed by atoms with E-state index in [1.807, 2.05) is 0 Å². The van der Waals surface area contributed by atoms with E-state index < -0.39 is 0 Å². The lowest BCUT2D eigenvalue weighted by Gasteiger charge is -2.21. The monoisotopic (exact) mass is 318 g/mol. The van der Waals surface area contributed by atoms with Crippen molar-refractivity contribution in [1.82, 2.24) is 4.90 Å². The van der Waals surface area contributed by atoms with Crippen LogP contribution in [0.15, 0.2) is 28.7 Å². The molecule has 0 amide bonds. The molecule has 1 heterocycles. The third-order valence-corrected chi connectivity index (χ3v) is 4.23. The first-order valence-electron chi connectivity index (χ1n) is 5.88. The van der Waals surface area contributed by atoms with E-state index in [1.165, 1.54) is 16.5 Å². The average Bonchev–Trinajstić information content (AvgIpc) is 2.63. The van der Waals surface area contributed by atoms with E-state index in [-0.39, 0.29) is 12.4 Å². The van der Waals surface area contributed by atoms with Crippen molar-refractivity contribution in [2.75, 3.05) is 13.1 Å². The van der Waals surface area contributed by atoms with Crippen LogP contribution in [-0.2, 0) is 6.54 Å². The third kappa shape index (κ3) is 3.68. The molecule has 0 bridgehead atoms. The summed E-state index contributed by atoms with van der Waals surface area (Å²) in [4.78, 5) is 2.53. The highest BCUT2D eigenvalue weighted by atomic mass is 79.9. The van der Waals surface area contributed by atoms with Crippen LogP contribution in [0.4, 0.5) is 0 Å². The molecule has 1 fully saturated rings. The molecule has 2 N–H and O–H groups in total. The summed E-state index contributed by atoms with van der Waals surface area (Å²) in [6.45, 7) is 5.28. The maximum Gasteiger partial charge on any atom is 0.0247 e. The largest absolute Gasteiger partial charge is 0.330 e. The van der Waals surface area contributed by atoms with Crippen LogP contribution in [0.1, 0.15) is 18.9 Å². The standard InChI is InChI=1S/C13H19BrN2.ClH/c1-10-6-11(7-15)8-16(10)9-12-4-2-3-5-13(12)14;/h2-5,10-11H,6-9,15H2,1H3;1H. The molecule has 17 heavy (non-hydrogen) atoms. The number of nitrogens with zero attached hydrogens (tertiary/aromatic N) is 1. The lowest BCUT2D eigenvalue weighted by Crippen LogP contribution is -2.27. The molecular weight excluding hydrogens is 300 g/mol. The van der Waals surface area contributed by atoms with Gasteiger partial charge in [0, 0.05) is 23.6 Å². The van der Waals surface area contributed by atoms with Gasteiger partial charge in [-0.3, -0.25) is 4.90 Å². The van der Waals surface area contributed by atoms with Gasteiger partial charge >= 0.3 is 0 Å². The molecule has 0 saturated carbocycles. The predicted molar refractivity (Wildman–Crippen MR) is 78.4 cm³/mol. The van der Waals surface area contributed by atoms with Crippen molar-refractivity contribution in [2.24, 2.45) is 11.7 Å². The summed E-state index contributed by atoms with van der Waals surface area (Å²) in [6.07, 6.45) is 1.24. The van der Waals surface area contributed by atoms with Gasteiger partial charge in [-0.1, -0.05) is 34.1 Å². The number of likely N-dealkylation sites (tertiary alicyclic amines) is 1. The Morgan fingerprint density at radius 1 is 1.41 bits per heavy atom. The Kier molecular flexibility index (Phi) is 5.93. The van der Waals surface area contributed by atoms with Crippen LogP contribution in [0, 0.1) is 5.92 Å². The molecule has 0 aromatic heterocycles. The summed E-state index contributed by atoms with van der Waals surface area (Å²) in [7, 11) is 0. The Morgan fingerprint density at radius 3 is 2.71 bits per heavy atom. The Balaban J connectivity index is 0.00000144. The summed E-state index contributed by atoms with van der Waals surface area (Å²) in [5, 5.41) is 0. The number of hydrogen-bond acceptors (Lipinski definition) is 2. The van der Waals surface area contributed by atoms with Crippen LogP contribution in [-0.4, -0.2) is 24.0 Å². The summed E-state index contributed by atoms with van der Waals surface area (Å²) in [5.74, 6) is 0.678. The molecule has 1 saturated heterocycles. The molecule has 0 spiro atoms. The van der Waals surface area contributed by atoms with Crippen molar-refractivity contribution in [1.29, 1.82) is 0 Å². The van der Waals surface area contributed by atoms with Crippen LogP contribution in [0.5, 0.6) is 0 Å². The number of rotatable bonds is 3. The van der Waals surface area contributed by atoms with Gasteiger partial charge in [-0.25, -0.2) is 0 Å². The van der Waals surface area contributed by atoms with Gasteiger partial charge in [0.25, 0.3) is 0 Å². The fourth-order valence-electron chi connectivity index (χ4n) is 2.45. The Hall–Kier alpha value is -0.0900. The lowest BCUT2D eigenvalue weighted by atomic mass is 10.1. The van der Waals surface area contributed by atoms with Gasteiger partial charge in [0.2, 0.25) is 0 Å². The lowest BCUT2D eigenvalue weighted by molar-refractivity contribution is 0.255. The molecule has 2 rings (SSSR count). The minimum atomic E-state index is 0. The Bertz CT molecular complexity index is 359. The van der Waals surface area contributed by atoms with E-state index in [9.17, 15) is 0 Å². The Labute approximate surface area is 118 Å². The second-order valence-electron chi connectivity index (χ2n) is 4.71. The summed E-state index contributed by atoms with van der Waals surface area (Å²) < 4.78 is 1.21. The van der Waals surface area contributed by atoms with E-state index in [4.69, 9.17) is 5.73 Å². The van der Waals surface area contributed by atoms with Crippen LogP contribution < -0.4 is 5.73 Å². The predicted octanol–water partition coefficient (Wildman–Crippen LogP) is 3.04. The van der Waals surface area contributed by atoms with Crippen molar-refractivity contribution in [3.8, 4) is 0 Å². The summed E-state index contributed by atoms with van der Waals surface area (Å²) >= 11 is 3.60. The topological polar surface area (TPSA) is 29.3 Å². The molecule has 96 valence electrons. The van der Waals surface area contributed by atoms with Crippen molar-refractivity contribution in [3.63, 3.8) is 0 Å². The van der Waals surface area contributed by atoms with Gasteiger partial charge in [-0.05, 0) is 37.4 Å². The Morgan fingerprint density at radius 2 is 2.12 bits per heavy atom. The smallest absolute Gasteiger partial charge is 0.0247 e. The highest BCUT2D eigenvalue weighted by molar-refractivity contribution is 9.10. The SMILES string of the molecule is CC1CC(CN)CN1Cc1ccccc1Br.Cl. The highest BCUT2D eigenvalue weighted by Gasteiger charge is 2.27. The highest BCUT2D eigenvalue weighted by Crippen LogP contribution is 2.26. The second-order valence-corrected chi connectivity index (χ2v) is 5.56. The first-order valence-corrected chi connectivity index (χ1v) is 6.67. The minimum absolute atomic E-state index is 0. The maximum atomic E-state index is 5.75. The van der Waals surface area contributed by atoms with Gasteiger partial charge in [-0.2, -0.15) is 0 Å². The van der Waals surface area contributed by atoms with Crippen molar-refractivity contribution < 1.29 is 0 Å². The van der Waals surface area contributed by atoms with Crippen LogP contribution in [0.2, 0.25) is 0 Å². The van der Waals surface area contributed by atoms with Crippen molar-refractivity contribution >= 4 is 28.3 Å². The zero-order chi connectivity index (χ0) is 11.5. The number of hydrogen-bond donors (Lipinski definition) is 1. The number of nitrogens with two attached hydrogens (primary N) is 1. The van der Waals surface area contributed by atoms with Crippen LogP contribution in [0.25, 0.3) is 0 Å². The summed E-state index contributed by atoms with van der Waals surface area (Å²) in [6, 6.07) is 9.11. The van der Waals surface area contributed by atoms with Crippen molar-refractivity contribution in [2.45, 2.75) is 25.9 Å². The molecular formula is C13H20BrClN2. The van der Waals surface area contributed by atoms with Gasteiger partial charge in [-0.15, -0.1) is 12.4 Å². The van der Waals surface area contributed by atoms with E-state index in [0.29, 0.717) is 12.0 Å². The molecule has 1 aliphatic rings. The van der Waals surface area contributed by atoms with E-state index in [1.54, 1.807) is 0 Å². The normalized spacial score (nSPS) is 24.6.